The highest BCUT2D eigenvalue weighted by atomic mass is 35.5. The van der Waals surface area contributed by atoms with Crippen molar-refractivity contribution in [3.63, 3.8) is 0 Å². The Hall–Kier alpha value is -1.26. The molecule has 1 aromatic carbocycles. The van der Waals surface area contributed by atoms with E-state index in [1.54, 1.807) is 0 Å². The summed E-state index contributed by atoms with van der Waals surface area (Å²) >= 11 is 6.19. The predicted octanol–water partition coefficient (Wildman–Crippen LogP) is 2.91. The number of carbonyl (C=O) groups excluding carboxylic acids is 1. The van der Waals surface area contributed by atoms with Gasteiger partial charge in [-0.05, 0) is 44.4 Å². The van der Waals surface area contributed by atoms with Crippen molar-refractivity contribution in [2.24, 2.45) is 5.73 Å². The average molecular weight is 313 g/mol. The highest BCUT2D eigenvalue weighted by molar-refractivity contribution is 6.32. The van der Waals surface area contributed by atoms with E-state index in [4.69, 9.17) is 22.1 Å². The summed E-state index contributed by atoms with van der Waals surface area (Å²) in [5.74, 6) is 0.578. The molecule has 4 nitrogen and oxygen atoms in total. The van der Waals surface area contributed by atoms with E-state index in [2.05, 4.69) is 12.2 Å². The third-order valence-electron chi connectivity index (χ3n) is 3.05. The second-order valence-electron chi connectivity index (χ2n) is 5.46. The van der Waals surface area contributed by atoms with Gasteiger partial charge in [0.1, 0.15) is 5.75 Å². The lowest BCUT2D eigenvalue weighted by molar-refractivity contribution is -0.122. The standard InChI is InChI=1S/C16H25ClN2O2/c1-4-13(18)9-12-5-6-15(14(17)10-12)21-8-7-16(20)19-11(2)3/h5-6,10-11,13H,4,7-9,18H2,1-3H3,(H,19,20). The Kier molecular flexibility index (Phi) is 7.54. The van der Waals surface area contributed by atoms with Crippen LogP contribution in [0.4, 0.5) is 0 Å². The zero-order chi connectivity index (χ0) is 15.8. The van der Waals surface area contributed by atoms with Crippen molar-refractivity contribution < 1.29 is 9.53 Å². The summed E-state index contributed by atoms with van der Waals surface area (Å²) in [7, 11) is 0. The fraction of sp³-hybridized carbons (Fsp3) is 0.562. The zero-order valence-electron chi connectivity index (χ0n) is 13.0. The molecule has 0 bridgehead atoms. The van der Waals surface area contributed by atoms with Crippen molar-refractivity contribution in [1.82, 2.24) is 5.32 Å². The van der Waals surface area contributed by atoms with Crippen molar-refractivity contribution in [1.29, 1.82) is 0 Å². The number of ether oxygens (including phenoxy) is 1. The zero-order valence-corrected chi connectivity index (χ0v) is 13.7. The summed E-state index contributed by atoms with van der Waals surface area (Å²) in [5, 5.41) is 3.37. The quantitative estimate of drug-likeness (QED) is 0.775. The van der Waals surface area contributed by atoms with Crippen LogP contribution in [0.5, 0.6) is 5.75 Å². The van der Waals surface area contributed by atoms with E-state index >= 15 is 0 Å². The molecule has 1 aromatic rings. The number of carbonyl (C=O) groups is 1. The third kappa shape index (κ3) is 6.82. The van der Waals surface area contributed by atoms with Crippen LogP contribution in [-0.4, -0.2) is 24.6 Å². The number of hydrogen-bond acceptors (Lipinski definition) is 3. The Morgan fingerprint density at radius 2 is 2.14 bits per heavy atom. The van der Waals surface area contributed by atoms with E-state index in [9.17, 15) is 4.79 Å². The third-order valence-corrected chi connectivity index (χ3v) is 3.35. The maximum absolute atomic E-state index is 11.5. The van der Waals surface area contributed by atoms with Gasteiger partial charge in [0, 0.05) is 12.1 Å². The molecule has 5 heteroatoms. The minimum absolute atomic E-state index is 0.0216. The maximum Gasteiger partial charge on any atom is 0.223 e. The maximum atomic E-state index is 11.5. The van der Waals surface area contributed by atoms with Crippen LogP contribution in [0.25, 0.3) is 0 Å². The van der Waals surface area contributed by atoms with Gasteiger partial charge in [0.05, 0.1) is 18.1 Å². The lowest BCUT2D eigenvalue weighted by atomic mass is 10.0. The van der Waals surface area contributed by atoms with E-state index < -0.39 is 0 Å². The molecule has 1 rings (SSSR count). The molecule has 0 aromatic heterocycles. The molecule has 1 unspecified atom stereocenters. The minimum atomic E-state index is -0.0216. The topological polar surface area (TPSA) is 64.3 Å². The first-order chi connectivity index (χ1) is 9.92. The molecule has 21 heavy (non-hydrogen) atoms. The number of hydrogen-bond donors (Lipinski definition) is 2. The van der Waals surface area contributed by atoms with Gasteiger partial charge >= 0.3 is 0 Å². The number of nitrogens with two attached hydrogens (primary N) is 1. The Labute approximate surface area is 132 Å². The van der Waals surface area contributed by atoms with E-state index in [1.807, 2.05) is 32.0 Å². The van der Waals surface area contributed by atoms with Crippen molar-refractivity contribution in [3.8, 4) is 5.75 Å². The van der Waals surface area contributed by atoms with Gasteiger partial charge in [0.2, 0.25) is 5.91 Å². The number of benzene rings is 1. The van der Waals surface area contributed by atoms with Crippen molar-refractivity contribution in [3.05, 3.63) is 28.8 Å². The number of halogens is 1. The molecule has 0 fully saturated rings. The van der Waals surface area contributed by atoms with Crippen LogP contribution < -0.4 is 15.8 Å². The Balaban J connectivity index is 2.47. The second kappa shape index (κ2) is 8.90. The first-order valence-corrected chi connectivity index (χ1v) is 7.76. The number of nitrogens with one attached hydrogen (secondary N) is 1. The summed E-state index contributed by atoms with van der Waals surface area (Å²) in [5.41, 5.74) is 7.02. The van der Waals surface area contributed by atoms with E-state index in [-0.39, 0.29) is 18.0 Å². The van der Waals surface area contributed by atoms with E-state index in [0.717, 1.165) is 18.4 Å². The van der Waals surface area contributed by atoms with Crippen molar-refractivity contribution in [2.75, 3.05) is 6.61 Å². The Bertz CT molecular complexity index is 464. The molecular formula is C16H25ClN2O2. The molecule has 3 N–H and O–H groups in total. The van der Waals surface area contributed by atoms with Gasteiger partial charge in [-0.3, -0.25) is 4.79 Å². The lowest BCUT2D eigenvalue weighted by Crippen LogP contribution is -2.31. The van der Waals surface area contributed by atoms with Crippen LogP contribution in [0.1, 0.15) is 39.2 Å². The fourth-order valence-electron chi connectivity index (χ4n) is 1.88. The largest absolute Gasteiger partial charge is 0.491 e. The molecular weight excluding hydrogens is 288 g/mol. The summed E-state index contributed by atoms with van der Waals surface area (Å²) in [6.45, 7) is 6.22. The second-order valence-corrected chi connectivity index (χ2v) is 5.87. The number of amides is 1. The predicted molar refractivity (Wildman–Crippen MR) is 86.8 cm³/mol. The van der Waals surface area contributed by atoms with Gasteiger partial charge in [-0.2, -0.15) is 0 Å². The minimum Gasteiger partial charge on any atom is -0.491 e. The van der Waals surface area contributed by atoms with Gasteiger partial charge < -0.3 is 15.8 Å². The Morgan fingerprint density at radius 3 is 2.71 bits per heavy atom. The van der Waals surface area contributed by atoms with Crippen LogP contribution in [0.15, 0.2) is 18.2 Å². The fourth-order valence-corrected chi connectivity index (χ4v) is 2.14. The molecule has 118 valence electrons. The van der Waals surface area contributed by atoms with Gasteiger partial charge in [0.25, 0.3) is 0 Å². The van der Waals surface area contributed by atoms with Gasteiger partial charge in [0.15, 0.2) is 0 Å². The summed E-state index contributed by atoms with van der Waals surface area (Å²) < 4.78 is 5.55. The molecule has 1 atom stereocenters. The van der Waals surface area contributed by atoms with E-state index in [1.165, 1.54) is 0 Å². The summed E-state index contributed by atoms with van der Waals surface area (Å²) in [6, 6.07) is 5.96. The summed E-state index contributed by atoms with van der Waals surface area (Å²) in [4.78, 5) is 11.5. The SMILES string of the molecule is CCC(N)Cc1ccc(OCCC(=O)NC(C)C)c(Cl)c1. The molecule has 0 aliphatic heterocycles. The molecule has 0 radical (unpaired) electrons. The first-order valence-electron chi connectivity index (χ1n) is 7.38. The van der Waals surface area contributed by atoms with Crippen LogP contribution >= 0.6 is 11.6 Å². The van der Waals surface area contributed by atoms with Gasteiger partial charge in [-0.25, -0.2) is 0 Å². The Morgan fingerprint density at radius 1 is 1.43 bits per heavy atom. The average Bonchev–Trinajstić information content (AvgIpc) is 2.40. The van der Waals surface area contributed by atoms with Crippen LogP contribution in [0, 0.1) is 0 Å². The van der Waals surface area contributed by atoms with Crippen LogP contribution in [0.2, 0.25) is 5.02 Å². The van der Waals surface area contributed by atoms with Crippen LogP contribution in [0.3, 0.4) is 0 Å². The van der Waals surface area contributed by atoms with E-state index in [0.29, 0.717) is 23.8 Å². The molecule has 0 heterocycles. The van der Waals surface area contributed by atoms with Gasteiger partial charge in [-0.1, -0.05) is 24.6 Å². The number of rotatable bonds is 8. The first kappa shape index (κ1) is 17.8. The lowest BCUT2D eigenvalue weighted by Gasteiger charge is -2.12. The van der Waals surface area contributed by atoms with Crippen molar-refractivity contribution in [2.45, 2.75) is 52.1 Å². The highest BCUT2D eigenvalue weighted by Gasteiger charge is 2.08. The monoisotopic (exact) mass is 312 g/mol. The molecule has 0 saturated heterocycles. The smallest absolute Gasteiger partial charge is 0.223 e. The van der Waals surface area contributed by atoms with Gasteiger partial charge in [-0.15, -0.1) is 0 Å². The van der Waals surface area contributed by atoms with Crippen LogP contribution in [-0.2, 0) is 11.2 Å². The molecule has 0 aliphatic rings. The molecule has 1 amide bonds. The molecule has 0 spiro atoms. The van der Waals surface area contributed by atoms with Crippen molar-refractivity contribution >= 4 is 17.5 Å². The molecule has 0 aliphatic carbocycles. The normalized spacial score (nSPS) is 12.3. The highest BCUT2D eigenvalue weighted by Crippen LogP contribution is 2.26. The summed E-state index contributed by atoms with van der Waals surface area (Å²) in [6.07, 6.45) is 2.05. The molecule has 0 saturated carbocycles.